The van der Waals surface area contributed by atoms with Crippen LogP contribution >= 0.6 is 0 Å². The quantitative estimate of drug-likeness (QED) is 0.782. The molecule has 1 heterocycles. The normalized spacial score (nSPS) is 10.6. The lowest BCUT2D eigenvalue weighted by Crippen LogP contribution is -2.22. The van der Waals surface area contributed by atoms with E-state index in [1.165, 1.54) is 5.56 Å². The summed E-state index contributed by atoms with van der Waals surface area (Å²) in [5.74, 6) is -0.717. The van der Waals surface area contributed by atoms with E-state index in [2.05, 4.69) is 9.97 Å². The number of aromatic nitrogens is 2. The maximum Gasteiger partial charge on any atom is 0.308 e. The lowest BCUT2D eigenvalue weighted by molar-refractivity contribution is -0.136. The molecule has 0 saturated heterocycles. The van der Waals surface area contributed by atoms with Crippen molar-refractivity contribution in [3.63, 3.8) is 0 Å². The van der Waals surface area contributed by atoms with Gasteiger partial charge >= 0.3 is 5.97 Å². The molecule has 0 aliphatic rings. The first-order chi connectivity index (χ1) is 9.86. The Morgan fingerprint density at radius 3 is 2.62 bits per heavy atom. The lowest BCUT2D eigenvalue weighted by atomic mass is 10.0. The molecular weight excluding hydrogens is 270 g/mol. The van der Waals surface area contributed by atoms with Crippen molar-refractivity contribution in [2.45, 2.75) is 26.7 Å². The zero-order valence-electron chi connectivity index (χ0n) is 11.9. The van der Waals surface area contributed by atoms with Gasteiger partial charge in [0.15, 0.2) is 0 Å². The number of aliphatic carboxylic acids is 1. The molecule has 1 aromatic heterocycles. The number of hydrogen-bond acceptors (Lipinski definition) is 4. The van der Waals surface area contributed by atoms with Crippen LogP contribution in [0.5, 0.6) is 0 Å². The molecule has 0 amide bonds. The van der Waals surface area contributed by atoms with Crippen molar-refractivity contribution in [3.05, 3.63) is 56.6 Å². The molecular formula is C15H17N3O3. The molecule has 0 aliphatic heterocycles. The lowest BCUT2D eigenvalue weighted by Gasteiger charge is -2.07. The minimum Gasteiger partial charge on any atom is -0.481 e. The number of H-pyrrole nitrogens is 1. The van der Waals surface area contributed by atoms with E-state index in [1.807, 2.05) is 32.0 Å². The van der Waals surface area contributed by atoms with Crippen molar-refractivity contribution in [2.24, 2.45) is 0 Å². The highest BCUT2D eigenvalue weighted by molar-refractivity contribution is 5.71. The van der Waals surface area contributed by atoms with Crippen molar-refractivity contribution >= 4 is 11.8 Å². The van der Waals surface area contributed by atoms with Crippen LogP contribution in [0.25, 0.3) is 0 Å². The van der Waals surface area contributed by atoms with E-state index in [9.17, 15) is 9.59 Å². The Bertz CT molecular complexity index is 750. The molecule has 0 radical (unpaired) electrons. The number of carboxylic acid groups (broad SMARTS) is 1. The zero-order chi connectivity index (χ0) is 15.6. The predicted octanol–water partition coefficient (Wildman–Crippen LogP) is 1.19. The fourth-order valence-corrected chi connectivity index (χ4v) is 2.08. The second kappa shape index (κ2) is 5.78. The molecule has 0 spiro atoms. The summed E-state index contributed by atoms with van der Waals surface area (Å²) in [7, 11) is 0. The highest BCUT2D eigenvalue weighted by atomic mass is 16.4. The Balaban J connectivity index is 2.31. The molecule has 2 aromatic rings. The zero-order valence-corrected chi connectivity index (χ0v) is 11.9. The molecule has 0 fully saturated rings. The second-order valence-corrected chi connectivity index (χ2v) is 5.04. The van der Waals surface area contributed by atoms with Crippen LogP contribution in [0.1, 0.15) is 28.1 Å². The molecule has 110 valence electrons. The minimum atomic E-state index is -1.11. The summed E-state index contributed by atoms with van der Waals surface area (Å²) in [5.41, 5.74) is 8.53. The van der Waals surface area contributed by atoms with Crippen LogP contribution in [-0.4, -0.2) is 21.0 Å². The molecule has 2 rings (SSSR count). The summed E-state index contributed by atoms with van der Waals surface area (Å²) in [4.78, 5) is 29.2. The number of nitrogens with two attached hydrogens (primary N) is 1. The van der Waals surface area contributed by atoms with Gasteiger partial charge in [-0.05, 0) is 30.5 Å². The summed E-state index contributed by atoms with van der Waals surface area (Å²) in [6.07, 6.45) is 0.00595. The second-order valence-electron chi connectivity index (χ2n) is 5.04. The number of benzene rings is 1. The van der Waals surface area contributed by atoms with Gasteiger partial charge in [-0.15, -0.1) is 0 Å². The van der Waals surface area contributed by atoms with E-state index in [-0.39, 0.29) is 11.4 Å². The Morgan fingerprint density at radius 2 is 2.05 bits per heavy atom. The van der Waals surface area contributed by atoms with Gasteiger partial charge in [0.05, 0.1) is 12.0 Å². The first-order valence-electron chi connectivity index (χ1n) is 6.52. The fourth-order valence-electron chi connectivity index (χ4n) is 2.08. The first-order valence-corrected chi connectivity index (χ1v) is 6.52. The highest BCUT2D eigenvalue weighted by Crippen LogP contribution is 2.13. The molecule has 6 nitrogen and oxygen atoms in total. The average Bonchev–Trinajstić information content (AvgIpc) is 2.38. The third-order valence-corrected chi connectivity index (χ3v) is 3.37. The number of carbonyl (C=O) groups is 1. The summed E-state index contributed by atoms with van der Waals surface area (Å²) in [5, 5.41) is 8.74. The Labute approximate surface area is 121 Å². The van der Waals surface area contributed by atoms with Crippen molar-refractivity contribution in [1.29, 1.82) is 0 Å². The van der Waals surface area contributed by atoms with Gasteiger partial charge in [0.1, 0.15) is 11.6 Å². The maximum atomic E-state index is 11.9. The first kappa shape index (κ1) is 14.8. The van der Waals surface area contributed by atoms with E-state index in [0.29, 0.717) is 12.2 Å². The third-order valence-electron chi connectivity index (χ3n) is 3.37. The van der Waals surface area contributed by atoms with E-state index in [4.69, 9.17) is 10.8 Å². The molecule has 0 aliphatic carbocycles. The van der Waals surface area contributed by atoms with Crippen LogP contribution in [0.3, 0.4) is 0 Å². The molecule has 0 atom stereocenters. The van der Waals surface area contributed by atoms with E-state index in [1.54, 1.807) is 0 Å². The van der Waals surface area contributed by atoms with Gasteiger partial charge in [-0.2, -0.15) is 0 Å². The van der Waals surface area contributed by atoms with Gasteiger partial charge in [-0.3, -0.25) is 9.59 Å². The fraction of sp³-hybridized carbons (Fsp3) is 0.267. The van der Waals surface area contributed by atoms with Gasteiger partial charge < -0.3 is 15.8 Å². The predicted molar refractivity (Wildman–Crippen MR) is 79.3 cm³/mol. The molecule has 4 N–H and O–H groups in total. The Kier molecular flexibility index (Phi) is 4.07. The number of aryl methyl sites for hydroxylation is 2. The van der Waals surface area contributed by atoms with Gasteiger partial charge in [0.25, 0.3) is 5.56 Å². The summed E-state index contributed by atoms with van der Waals surface area (Å²) < 4.78 is 0. The third kappa shape index (κ3) is 3.47. The molecule has 1 aromatic carbocycles. The number of hydrogen-bond donors (Lipinski definition) is 3. The Morgan fingerprint density at radius 1 is 1.33 bits per heavy atom. The smallest absolute Gasteiger partial charge is 0.308 e. The van der Waals surface area contributed by atoms with Gasteiger partial charge in [-0.25, -0.2) is 4.98 Å². The number of nitrogens with one attached hydrogen (secondary N) is 1. The van der Waals surface area contributed by atoms with Crippen LogP contribution in [0.4, 0.5) is 5.82 Å². The number of nitrogen functional groups attached to an aromatic ring is 1. The van der Waals surface area contributed by atoms with E-state index < -0.39 is 17.9 Å². The highest BCUT2D eigenvalue weighted by Gasteiger charge is 2.12. The maximum absolute atomic E-state index is 11.9. The molecule has 0 saturated carbocycles. The van der Waals surface area contributed by atoms with Crippen LogP contribution in [0, 0.1) is 13.8 Å². The topological polar surface area (TPSA) is 109 Å². The number of nitrogens with zero attached hydrogens (tertiary/aromatic N) is 1. The van der Waals surface area contributed by atoms with Crippen LogP contribution in [-0.2, 0) is 17.6 Å². The van der Waals surface area contributed by atoms with E-state index in [0.717, 1.165) is 11.1 Å². The van der Waals surface area contributed by atoms with Crippen molar-refractivity contribution in [3.8, 4) is 0 Å². The number of rotatable bonds is 4. The summed E-state index contributed by atoms with van der Waals surface area (Å²) in [6, 6.07) is 5.99. The van der Waals surface area contributed by atoms with Crippen LogP contribution < -0.4 is 11.3 Å². The van der Waals surface area contributed by atoms with Crippen LogP contribution in [0.2, 0.25) is 0 Å². The number of aromatic amines is 1. The molecule has 6 heteroatoms. The van der Waals surface area contributed by atoms with Crippen molar-refractivity contribution < 1.29 is 9.90 Å². The largest absolute Gasteiger partial charge is 0.481 e. The number of anilines is 1. The summed E-state index contributed by atoms with van der Waals surface area (Å²) in [6.45, 7) is 4.04. The van der Waals surface area contributed by atoms with Crippen molar-refractivity contribution in [2.75, 3.05) is 5.73 Å². The number of carboxylic acids is 1. The molecule has 0 unspecified atom stereocenters. The van der Waals surface area contributed by atoms with Crippen LogP contribution in [0.15, 0.2) is 23.0 Å². The van der Waals surface area contributed by atoms with E-state index >= 15 is 0 Å². The Hall–Kier alpha value is -2.63. The molecule has 21 heavy (non-hydrogen) atoms. The van der Waals surface area contributed by atoms with Crippen molar-refractivity contribution in [1.82, 2.24) is 9.97 Å². The standard InChI is InChI=1S/C15H17N3O3/c1-8-3-4-10(5-9(8)2)6-12-17-14(16)11(7-13(19)20)15(21)18-12/h3-5H,6-7H2,1-2H3,(H,19,20)(H3,16,17,18,21). The SMILES string of the molecule is Cc1ccc(Cc2nc(N)c(CC(=O)O)c(=O)[nH]2)cc1C. The minimum absolute atomic E-state index is 0.00802. The average molecular weight is 287 g/mol. The molecule has 0 bridgehead atoms. The monoisotopic (exact) mass is 287 g/mol. The van der Waals surface area contributed by atoms with Gasteiger partial charge in [0, 0.05) is 6.42 Å². The van der Waals surface area contributed by atoms with Gasteiger partial charge in [0.2, 0.25) is 0 Å². The van der Waals surface area contributed by atoms with Gasteiger partial charge in [-0.1, -0.05) is 18.2 Å². The summed E-state index contributed by atoms with van der Waals surface area (Å²) >= 11 is 0.